The van der Waals surface area contributed by atoms with Gasteiger partial charge in [0.2, 0.25) is 0 Å². The molecule has 1 N–H and O–H groups in total. The minimum Gasteiger partial charge on any atom is -0.396 e. The lowest BCUT2D eigenvalue weighted by molar-refractivity contribution is 0.0476. The third-order valence-electron chi connectivity index (χ3n) is 4.92. The molecule has 1 fully saturated rings. The molecule has 0 spiro atoms. The maximum atomic E-state index is 13.1. The van der Waals surface area contributed by atoms with E-state index in [0.29, 0.717) is 36.1 Å². The number of carbonyl (C=O) groups excluding carboxylic acids is 1. The minimum absolute atomic E-state index is 0.0628. The van der Waals surface area contributed by atoms with E-state index in [2.05, 4.69) is 19.9 Å². The van der Waals surface area contributed by atoms with E-state index in [1.807, 2.05) is 38.1 Å². The molecular formula is C20H27N5O2. The Morgan fingerprint density at radius 1 is 1.30 bits per heavy atom. The van der Waals surface area contributed by atoms with Crippen LogP contribution in [0.4, 0.5) is 0 Å². The summed E-state index contributed by atoms with van der Waals surface area (Å²) in [4.78, 5) is 30.0. The summed E-state index contributed by atoms with van der Waals surface area (Å²) in [5, 5.41) is 9.65. The second-order valence-corrected chi connectivity index (χ2v) is 7.56. The molecule has 1 amide bonds. The van der Waals surface area contributed by atoms with E-state index in [0.717, 1.165) is 18.5 Å². The van der Waals surface area contributed by atoms with E-state index in [9.17, 15) is 9.90 Å². The van der Waals surface area contributed by atoms with Gasteiger partial charge < -0.3 is 14.9 Å². The number of aryl methyl sites for hydroxylation is 1. The van der Waals surface area contributed by atoms with Crippen molar-refractivity contribution in [1.29, 1.82) is 0 Å². The topological polar surface area (TPSA) is 82.5 Å². The smallest absolute Gasteiger partial charge is 0.257 e. The van der Waals surface area contributed by atoms with Crippen molar-refractivity contribution in [3.63, 3.8) is 0 Å². The Kier molecular flexibility index (Phi) is 6.13. The van der Waals surface area contributed by atoms with Crippen LogP contribution in [-0.4, -0.2) is 76.1 Å². The highest BCUT2D eigenvalue weighted by molar-refractivity contribution is 5.95. The van der Waals surface area contributed by atoms with Crippen LogP contribution in [0.2, 0.25) is 0 Å². The predicted molar refractivity (Wildman–Crippen MR) is 103 cm³/mol. The molecule has 0 aromatic carbocycles. The van der Waals surface area contributed by atoms with Crippen molar-refractivity contribution in [2.45, 2.75) is 13.3 Å². The fourth-order valence-electron chi connectivity index (χ4n) is 3.75. The molecule has 7 nitrogen and oxygen atoms in total. The largest absolute Gasteiger partial charge is 0.396 e. The van der Waals surface area contributed by atoms with Gasteiger partial charge in [0.1, 0.15) is 0 Å². The van der Waals surface area contributed by atoms with Gasteiger partial charge in [0, 0.05) is 50.4 Å². The first kappa shape index (κ1) is 19.4. The molecule has 2 unspecified atom stereocenters. The van der Waals surface area contributed by atoms with Gasteiger partial charge in [0.05, 0.1) is 11.3 Å². The van der Waals surface area contributed by atoms with Gasteiger partial charge in [-0.2, -0.15) is 0 Å². The maximum absolute atomic E-state index is 13.1. The average Bonchev–Trinajstić information content (AvgIpc) is 2.67. The highest BCUT2D eigenvalue weighted by atomic mass is 16.3. The molecular weight excluding hydrogens is 342 g/mol. The predicted octanol–water partition coefficient (Wildman–Crippen LogP) is 1.48. The SMILES string of the molecule is Cc1nc(-c2cccnc2)ncc1C(=O)N1CC(CO)CC(CN(C)C)C1. The van der Waals surface area contributed by atoms with Crippen molar-refractivity contribution in [3.8, 4) is 11.4 Å². The van der Waals surface area contributed by atoms with Gasteiger partial charge in [-0.25, -0.2) is 9.97 Å². The number of piperidine rings is 1. The summed E-state index contributed by atoms with van der Waals surface area (Å²) >= 11 is 0. The molecule has 2 aromatic rings. The Hall–Kier alpha value is -2.38. The number of carbonyl (C=O) groups is 1. The Bertz CT molecular complexity index is 781. The van der Waals surface area contributed by atoms with Gasteiger partial charge in [-0.1, -0.05) is 0 Å². The van der Waals surface area contributed by atoms with Crippen LogP contribution in [0.3, 0.4) is 0 Å². The zero-order valence-electron chi connectivity index (χ0n) is 16.2. The lowest BCUT2D eigenvalue weighted by Crippen LogP contribution is -2.47. The lowest BCUT2D eigenvalue weighted by atomic mass is 9.89. The number of aliphatic hydroxyl groups is 1. The van der Waals surface area contributed by atoms with Gasteiger partial charge in [0.15, 0.2) is 5.82 Å². The van der Waals surface area contributed by atoms with Crippen LogP contribution >= 0.6 is 0 Å². The number of likely N-dealkylation sites (tertiary alicyclic amines) is 1. The lowest BCUT2D eigenvalue weighted by Gasteiger charge is -2.38. The Labute approximate surface area is 160 Å². The number of amides is 1. The quantitative estimate of drug-likeness (QED) is 0.860. The summed E-state index contributed by atoms with van der Waals surface area (Å²) in [6.45, 7) is 4.10. The molecule has 1 saturated heterocycles. The van der Waals surface area contributed by atoms with Crippen LogP contribution in [0, 0.1) is 18.8 Å². The molecule has 2 aromatic heterocycles. The molecule has 27 heavy (non-hydrogen) atoms. The summed E-state index contributed by atoms with van der Waals surface area (Å²) < 4.78 is 0. The molecule has 0 aliphatic carbocycles. The van der Waals surface area contributed by atoms with E-state index in [4.69, 9.17) is 0 Å². The summed E-state index contributed by atoms with van der Waals surface area (Å²) in [6, 6.07) is 3.73. The molecule has 7 heteroatoms. The van der Waals surface area contributed by atoms with E-state index in [1.54, 1.807) is 18.6 Å². The average molecular weight is 369 g/mol. The van der Waals surface area contributed by atoms with E-state index in [1.165, 1.54) is 0 Å². The highest BCUT2D eigenvalue weighted by Crippen LogP contribution is 2.24. The summed E-state index contributed by atoms with van der Waals surface area (Å²) in [7, 11) is 4.06. The molecule has 0 radical (unpaired) electrons. The van der Waals surface area contributed by atoms with Crippen LogP contribution < -0.4 is 0 Å². The second kappa shape index (κ2) is 8.54. The Morgan fingerprint density at radius 3 is 2.70 bits per heavy atom. The molecule has 0 bridgehead atoms. The first-order valence-corrected chi connectivity index (χ1v) is 9.26. The molecule has 144 valence electrons. The van der Waals surface area contributed by atoms with Crippen molar-refractivity contribution in [2.75, 3.05) is 40.3 Å². The standard InChI is InChI=1S/C20H27N5O2/c1-14-18(9-22-19(23-14)17-5-4-6-21-8-17)20(27)25-11-15(10-24(2)3)7-16(12-25)13-26/h4-6,8-9,15-16,26H,7,10-13H2,1-3H3. The van der Waals surface area contributed by atoms with Gasteiger partial charge in [-0.3, -0.25) is 9.78 Å². The first-order valence-electron chi connectivity index (χ1n) is 9.26. The Morgan fingerprint density at radius 2 is 2.07 bits per heavy atom. The van der Waals surface area contributed by atoms with Crippen LogP contribution in [0.25, 0.3) is 11.4 Å². The third kappa shape index (κ3) is 4.67. The van der Waals surface area contributed by atoms with Crippen LogP contribution in [-0.2, 0) is 0 Å². The van der Waals surface area contributed by atoms with Crippen molar-refractivity contribution in [3.05, 3.63) is 42.0 Å². The third-order valence-corrected chi connectivity index (χ3v) is 4.92. The molecule has 0 saturated carbocycles. The second-order valence-electron chi connectivity index (χ2n) is 7.56. The van der Waals surface area contributed by atoms with Gasteiger partial charge in [-0.05, 0) is 51.4 Å². The molecule has 3 rings (SSSR count). The van der Waals surface area contributed by atoms with Crippen molar-refractivity contribution >= 4 is 5.91 Å². The maximum Gasteiger partial charge on any atom is 0.257 e. The number of hydrogen-bond donors (Lipinski definition) is 1. The number of rotatable bonds is 5. The summed E-state index contributed by atoms with van der Waals surface area (Å²) in [5.41, 5.74) is 2.00. The Balaban J connectivity index is 1.80. The van der Waals surface area contributed by atoms with Crippen LogP contribution in [0.5, 0.6) is 0 Å². The zero-order valence-corrected chi connectivity index (χ0v) is 16.2. The van der Waals surface area contributed by atoms with Crippen molar-refractivity contribution in [1.82, 2.24) is 24.8 Å². The molecule has 2 atom stereocenters. The number of nitrogens with zero attached hydrogens (tertiary/aromatic N) is 5. The van der Waals surface area contributed by atoms with Crippen LogP contribution in [0.15, 0.2) is 30.7 Å². The summed E-state index contributed by atoms with van der Waals surface area (Å²) in [6.07, 6.45) is 5.95. The fourth-order valence-corrected chi connectivity index (χ4v) is 3.75. The minimum atomic E-state index is -0.0628. The van der Waals surface area contributed by atoms with E-state index < -0.39 is 0 Å². The van der Waals surface area contributed by atoms with Gasteiger partial charge in [0.25, 0.3) is 5.91 Å². The van der Waals surface area contributed by atoms with Crippen LogP contribution in [0.1, 0.15) is 22.5 Å². The van der Waals surface area contributed by atoms with E-state index in [-0.39, 0.29) is 18.4 Å². The zero-order chi connectivity index (χ0) is 19.4. The summed E-state index contributed by atoms with van der Waals surface area (Å²) in [5.74, 6) is 0.968. The monoisotopic (exact) mass is 369 g/mol. The fraction of sp³-hybridized carbons (Fsp3) is 0.500. The molecule has 3 heterocycles. The number of aliphatic hydroxyl groups excluding tert-OH is 1. The van der Waals surface area contributed by atoms with E-state index >= 15 is 0 Å². The van der Waals surface area contributed by atoms with Gasteiger partial charge >= 0.3 is 0 Å². The number of aromatic nitrogens is 3. The first-order chi connectivity index (χ1) is 13.0. The van der Waals surface area contributed by atoms with Crippen molar-refractivity contribution in [2.24, 2.45) is 11.8 Å². The number of pyridine rings is 1. The van der Waals surface area contributed by atoms with Gasteiger partial charge in [-0.15, -0.1) is 0 Å². The van der Waals surface area contributed by atoms with Crippen molar-refractivity contribution < 1.29 is 9.90 Å². The highest BCUT2D eigenvalue weighted by Gasteiger charge is 2.31. The molecule has 1 aliphatic heterocycles. The molecule has 1 aliphatic rings. The normalized spacial score (nSPS) is 20.1. The number of hydrogen-bond acceptors (Lipinski definition) is 6.